The zero-order valence-electron chi connectivity index (χ0n) is 15.5. The molecule has 140 valence electrons. The topological polar surface area (TPSA) is 56.8 Å². The summed E-state index contributed by atoms with van der Waals surface area (Å²) in [6.07, 6.45) is 0. The summed E-state index contributed by atoms with van der Waals surface area (Å²) in [5, 5.41) is 3.00. The standard InChI is InChI=1S/C20H24BrNO4/c1-5-25-18-10-7-14(12-19(18)26-6-2)13(3)22-20(23)15-8-9-17(24-4)16(21)11-15/h7-13H,5-6H2,1-4H3,(H,22,23)/t13-/m0/s1. The summed E-state index contributed by atoms with van der Waals surface area (Å²) >= 11 is 3.40. The molecule has 0 radical (unpaired) electrons. The predicted octanol–water partition coefficient (Wildman–Crippen LogP) is 4.75. The largest absolute Gasteiger partial charge is 0.496 e. The van der Waals surface area contributed by atoms with Gasteiger partial charge < -0.3 is 19.5 Å². The minimum atomic E-state index is -0.182. The van der Waals surface area contributed by atoms with Crippen molar-refractivity contribution in [3.05, 3.63) is 52.0 Å². The minimum Gasteiger partial charge on any atom is -0.496 e. The number of carbonyl (C=O) groups is 1. The third kappa shape index (κ3) is 4.91. The second-order valence-corrected chi connectivity index (χ2v) is 6.47. The van der Waals surface area contributed by atoms with Crippen molar-refractivity contribution in [2.45, 2.75) is 26.8 Å². The third-order valence-electron chi connectivity index (χ3n) is 3.83. The smallest absolute Gasteiger partial charge is 0.251 e. The molecule has 0 aliphatic rings. The Morgan fingerprint density at radius 1 is 1.04 bits per heavy atom. The first-order chi connectivity index (χ1) is 12.5. The lowest BCUT2D eigenvalue weighted by molar-refractivity contribution is 0.0939. The molecule has 6 heteroatoms. The molecule has 0 saturated carbocycles. The van der Waals surface area contributed by atoms with E-state index >= 15 is 0 Å². The summed E-state index contributed by atoms with van der Waals surface area (Å²) in [6.45, 7) is 6.90. The molecule has 0 bridgehead atoms. The lowest BCUT2D eigenvalue weighted by atomic mass is 10.1. The van der Waals surface area contributed by atoms with Crippen LogP contribution < -0.4 is 19.5 Å². The predicted molar refractivity (Wildman–Crippen MR) is 105 cm³/mol. The van der Waals surface area contributed by atoms with Crippen molar-refractivity contribution < 1.29 is 19.0 Å². The van der Waals surface area contributed by atoms with E-state index in [0.717, 1.165) is 10.0 Å². The number of nitrogens with one attached hydrogen (secondary N) is 1. The van der Waals surface area contributed by atoms with Gasteiger partial charge in [0.15, 0.2) is 11.5 Å². The van der Waals surface area contributed by atoms with Crippen LogP contribution in [0.3, 0.4) is 0 Å². The van der Waals surface area contributed by atoms with Gasteiger partial charge in [0, 0.05) is 5.56 Å². The lowest BCUT2D eigenvalue weighted by Crippen LogP contribution is -2.26. The van der Waals surface area contributed by atoms with E-state index in [9.17, 15) is 4.79 Å². The highest BCUT2D eigenvalue weighted by Gasteiger charge is 2.15. The third-order valence-corrected chi connectivity index (χ3v) is 4.45. The molecule has 0 saturated heterocycles. The minimum absolute atomic E-state index is 0.160. The van der Waals surface area contributed by atoms with Gasteiger partial charge in [-0.05, 0) is 72.6 Å². The SMILES string of the molecule is CCOc1ccc([C@H](C)NC(=O)c2ccc(OC)c(Br)c2)cc1OCC. The highest BCUT2D eigenvalue weighted by atomic mass is 79.9. The maximum absolute atomic E-state index is 12.5. The molecule has 0 spiro atoms. The lowest BCUT2D eigenvalue weighted by Gasteiger charge is -2.18. The number of amides is 1. The van der Waals surface area contributed by atoms with E-state index in [1.807, 2.05) is 39.0 Å². The fourth-order valence-corrected chi connectivity index (χ4v) is 3.05. The van der Waals surface area contributed by atoms with Crippen molar-refractivity contribution >= 4 is 21.8 Å². The van der Waals surface area contributed by atoms with Gasteiger partial charge in [-0.1, -0.05) is 6.07 Å². The van der Waals surface area contributed by atoms with Crippen molar-refractivity contribution in [3.8, 4) is 17.2 Å². The van der Waals surface area contributed by atoms with Gasteiger partial charge in [0.1, 0.15) is 5.75 Å². The number of hydrogen-bond donors (Lipinski definition) is 1. The van der Waals surface area contributed by atoms with Crippen LogP contribution in [0.25, 0.3) is 0 Å². The zero-order chi connectivity index (χ0) is 19.1. The normalized spacial score (nSPS) is 11.6. The maximum atomic E-state index is 12.5. The van der Waals surface area contributed by atoms with Crippen LogP contribution in [0.15, 0.2) is 40.9 Å². The molecule has 2 aromatic rings. The van der Waals surface area contributed by atoms with Gasteiger partial charge in [-0.15, -0.1) is 0 Å². The molecule has 0 heterocycles. The summed E-state index contributed by atoms with van der Waals surface area (Å²) in [6, 6.07) is 10.8. The number of rotatable bonds is 8. The first-order valence-electron chi connectivity index (χ1n) is 8.54. The van der Waals surface area contributed by atoms with Crippen LogP contribution in [-0.4, -0.2) is 26.2 Å². The summed E-state index contributed by atoms with van der Waals surface area (Å²) in [5.74, 6) is 1.91. The molecule has 1 amide bonds. The Kier molecular flexibility index (Phi) is 7.33. The van der Waals surface area contributed by atoms with Gasteiger partial charge in [-0.3, -0.25) is 4.79 Å². The molecule has 0 aliphatic carbocycles. The van der Waals surface area contributed by atoms with Crippen LogP contribution in [0, 0.1) is 0 Å². The molecule has 1 atom stereocenters. The van der Waals surface area contributed by atoms with Crippen LogP contribution in [0.5, 0.6) is 17.2 Å². The summed E-state index contributed by atoms with van der Waals surface area (Å²) < 4.78 is 17.2. The Balaban J connectivity index is 2.15. The van der Waals surface area contributed by atoms with Gasteiger partial charge in [0.05, 0.1) is 30.8 Å². The fraction of sp³-hybridized carbons (Fsp3) is 0.350. The molecule has 2 rings (SSSR count). The number of ether oxygens (including phenoxy) is 3. The number of hydrogen-bond acceptors (Lipinski definition) is 4. The van der Waals surface area contributed by atoms with Crippen molar-refractivity contribution in [1.82, 2.24) is 5.32 Å². The second-order valence-electron chi connectivity index (χ2n) is 5.62. The highest BCUT2D eigenvalue weighted by molar-refractivity contribution is 9.10. The molecule has 0 aromatic heterocycles. The van der Waals surface area contributed by atoms with Gasteiger partial charge >= 0.3 is 0 Å². The van der Waals surface area contributed by atoms with E-state index in [0.29, 0.717) is 36.0 Å². The van der Waals surface area contributed by atoms with Crippen LogP contribution in [-0.2, 0) is 0 Å². The molecule has 1 N–H and O–H groups in total. The average Bonchev–Trinajstić information content (AvgIpc) is 2.63. The Labute approximate surface area is 162 Å². The molecule has 0 aliphatic heterocycles. The van der Waals surface area contributed by atoms with Crippen molar-refractivity contribution in [2.75, 3.05) is 20.3 Å². The van der Waals surface area contributed by atoms with Crippen molar-refractivity contribution in [1.29, 1.82) is 0 Å². The molecular formula is C20H24BrNO4. The fourth-order valence-electron chi connectivity index (χ4n) is 2.51. The monoisotopic (exact) mass is 421 g/mol. The number of benzene rings is 2. The van der Waals surface area contributed by atoms with Crippen LogP contribution in [0.4, 0.5) is 0 Å². The summed E-state index contributed by atoms with van der Waals surface area (Å²) in [7, 11) is 1.59. The van der Waals surface area contributed by atoms with Gasteiger partial charge in [-0.25, -0.2) is 0 Å². The first-order valence-corrected chi connectivity index (χ1v) is 9.33. The second kappa shape index (κ2) is 9.48. The quantitative estimate of drug-likeness (QED) is 0.668. The highest BCUT2D eigenvalue weighted by Crippen LogP contribution is 2.31. The van der Waals surface area contributed by atoms with Crippen molar-refractivity contribution in [3.63, 3.8) is 0 Å². The van der Waals surface area contributed by atoms with Gasteiger partial charge in [0.2, 0.25) is 0 Å². The van der Waals surface area contributed by atoms with Crippen molar-refractivity contribution in [2.24, 2.45) is 0 Å². The molecule has 26 heavy (non-hydrogen) atoms. The Morgan fingerprint density at radius 3 is 2.31 bits per heavy atom. The zero-order valence-corrected chi connectivity index (χ0v) is 17.1. The molecule has 0 fully saturated rings. The average molecular weight is 422 g/mol. The molecule has 0 unspecified atom stereocenters. The first kappa shape index (κ1) is 20.1. The molecule has 2 aromatic carbocycles. The van der Waals surface area contributed by atoms with E-state index < -0.39 is 0 Å². The molecule has 5 nitrogen and oxygen atoms in total. The van der Waals surface area contributed by atoms with E-state index in [1.165, 1.54) is 0 Å². The summed E-state index contributed by atoms with van der Waals surface area (Å²) in [4.78, 5) is 12.5. The molecular weight excluding hydrogens is 398 g/mol. The van der Waals surface area contributed by atoms with Crippen LogP contribution in [0.2, 0.25) is 0 Å². The van der Waals surface area contributed by atoms with Crippen LogP contribution in [0.1, 0.15) is 42.7 Å². The Hall–Kier alpha value is -2.21. The maximum Gasteiger partial charge on any atom is 0.251 e. The van der Waals surface area contributed by atoms with E-state index in [2.05, 4.69) is 21.2 Å². The van der Waals surface area contributed by atoms with Gasteiger partial charge in [0.25, 0.3) is 5.91 Å². The van der Waals surface area contributed by atoms with Crippen LogP contribution >= 0.6 is 15.9 Å². The Bertz CT molecular complexity index is 763. The van der Waals surface area contributed by atoms with Gasteiger partial charge in [-0.2, -0.15) is 0 Å². The number of carbonyl (C=O) groups excluding carboxylic acids is 1. The number of methoxy groups -OCH3 is 1. The van der Waals surface area contributed by atoms with E-state index in [1.54, 1.807) is 25.3 Å². The van der Waals surface area contributed by atoms with E-state index in [4.69, 9.17) is 14.2 Å². The number of halogens is 1. The summed E-state index contributed by atoms with van der Waals surface area (Å²) in [5.41, 5.74) is 1.50. The Morgan fingerprint density at radius 2 is 1.69 bits per heavy atom. The van der Waals surface area contributed by atoms with E-state index in [-0.39, 0.29) is 11.9 Å².